The molecule has 0 bridgehead atoms. The van der Waals surface area contributed by atoms with Gasteiger partial charge in [-0.3, -0.25) is 9.20 Å². The van der Waals surface area contributed by atoms with Crippen LogP contribution >= 0.6 is 0 Å². The van der Waals surface area contributed by atoms with Crippen LogP contribution in [0.4, 0.5) is 0 Å². The number of hydrogen-bond acceptors (Lipinski definition) is 4. The molecule has 0 fully saturated rings. The number of aryl methyl sites for hydroxylation is 2. The number of imidazole rings is 1. The Balaban J connectivity index is 2.64. The summed E-state index contributed by atoms with van der Waals surface area (Å²) in [6.45, 7) is 5.39. The number of carbonyl (C=O) groups is 1. The van der Waals surface area contributed by atoms with Gasteiger partial charge in [0.05, 0.1) is 11.7 Å². The maximum atomic E-state index is 11.8. The number of aromatic nitrogens is 3. The minimum Gasteiger partial charge on any atom is -0.321 e. The van der Waals surface area contributed by atoms with Gasteiger partial charge in [0.2, 0.25) is 0 Å². The summed E-state index contributed by atoms with van der Waals surface area (Å²) in [5.41, 5.74) is 8.39. The van der Waals surface area contributed by atoms with E-state index in [0.717, 1.165) is 17.0 Å². The van der Waals surface area contributed by atoms with E-state index in [2.05, 4.69) is 9.97 Å². The van der Waals surface area contributed by atoms with Crippen molar-refractivity contribution in [3.8, 4) is 0 Å². The highest BCUT2D eigenvalue weighted by molar-refractivity contribution is 5.99. The van der Waals surface area contributed by atoms with Gasteiger partial charge in [0, 0.05) is 11.8 Å². The lowest BCUT2D eigenvalue weighted by Gasteiger charge is -2.01. The van der Waals surface area contributed by atoms with Crippen molar-refractivity contribution >= 4 is 11.4 Å². The summed E-state index contributed by atoms with van der Waals surface area (Å²) in [5.74, 6) is -0.140. The Morgan fingerprint density at radius 3 is 2.81 bits per heavy atom. The van der Waals surface area contributed by atoms with Crippen LogP contribution in [0, 0.1) is 13.8 Å². The Hall–Kier alpha value is -1.75. The molecule has 16 heavy (non-hydrogen) atoms. The van der Waals surface area contributed by atoms with E-state index in [9.17, 15) is 4.79 Å². The number of carbonyl (C=O) groups excluding carboxylic acids is 1. The molecular formula is C11H14N4O. The second-order valence-electron chi connectivity index (χ2n) is 3.96. The lowest BCUT2D eigenvalue weighted by Crippen LogP contribution is -2.27. The first-order valence-electron chi connectivity index (χ1n) is 5.12. The quantitative estimate of drug-likeness (QED) is 0.759. The monoisotopic (exact) mass is 218 g/mol. The third-order valence-corrected chi connectivity index (χ3v) is 2.54. The average Bonchev–Trinajstić information content (AvgIpc) is 2.54. The summed E-state index contributed by atoms with van der Waals surface area (Å²) >= 11 is 0. The fourth-order valence-electron chi connectivity index (χ4n) is 1.60. The molecule has 2 aromatic rings. The van der Waals surface area contributed by atoms with Gasteiger partial charge in [-0.05, 0) is 20.8 Å². The second kappa shape index (κ2) is 3.68. The highest BCUT2D eigenvalue weighted by Gasteiger charge is 2.18. The summed E-state index contributed by atoms with van der Waals surface area (Å²) < 4.78 is 1.79. The Morgan fingerprint density at radius 1 is 1.50 bits per heavy atom. The Morgan fingerprint density at radius 2 is 2.19 bits per heavy atom. The first-order valence-corrected chi connectivity index (χ1v) is 5.12. The van der Waals surface area contributed by atoms with Crippen molar-refractivity contribution in [3.05, 3.63) is 29.5 Å². The molecule has 0 radical (unpaired) electrons. The van der Waals surface area contributed by atoms with E-state index in [1.54, 1.807) is 17.7 Å². The number of hydrogen-bond donors (Lipinski definition) is 1. The smallest absolute Gasteiger partial charge is 0.199 e. The molecule has 2 N–H and O–H groups in total. The number of fused-ring (bicyclic) bond motifs is 1. The SMILES string of the molecule is Cc1cc2nc(C(=O)C(C)N)c(C)n2cn1. The number of nitrogens with zero attached hydrogens (tertiary/aromatic N) is 3. The van der Waals surface area contributed by atoms with Crippen molar-refractivity contribution < 1.29 is 4.79 Å². The van der Waals surface area contributed by atoms with Crippen molar-refractivity contribution in [3.63, 3.8) is 0 Å². The van der Waals surface area contributed by atoms with Crippen molar-refractivity contribution in [2.75, 3.05) is 0 Å². The molecule has 0 saturated heterocycles. The maximum absolute atomic E-state index is 11.8. The molecule has 2 heterocycles. The molecule has 5 nitrogen and oxygen atoms in total. The molecule has 2 rings (SSSR count). The van der Waals surface area contributed by atoms with Crippen LogP contribution in [-0.2, 0) is 0 Å². The molecule has 2 aromatic heterocycles. The first kappa shape index (κ1) is 10.8. The van der Waals surface area contributed by atoms with Crippen molar-refractivity contribution in [1.82, 2.24) is 14.4 Å². The normalized spacial score (nSPS) is 13.0. The minimum atomic E-state index is -0.530. The molecule has 1 atom stereocenters. The average molecular weight is 218 g/mol. The predicted octanol–water partition coefficient (Wildman–Crippen LogP) is 0.876. The molecule has 5 heteroatoms. The fourth-order valence-corrected chi connectivity index (χ4v) is 1.60. The minimum absolute atomic E-state index is 0.140. The maximum Gasteiger partial charge on any atom is 0.199 e. The van der Waals surface area contributed by atoms with Gasteiger partial charge in [0.25, 0.3) is 0 Å². The lowest BCUT2D eigenvalue weighted by atomic mass is 10.1. The summed E-state index contributed by atoms with van der Waals surface area (Å²) in [6, 6.07) is 1.31. The summed E-state index contributed by atoms with van der Waals surface area (Å²) in [5, 5.41) is 0. The van der Waals surface area contributed by atoms with Crippen LogP contribution in [0.5, 0.6) is 0 Å². The number of ketones is 1. The number of rotatable bonds is 2. The van der Waals surface area contributed by atoms with E-state index in [-0.39, 0.29) is 5.78 Å². The molecule has 0 aromatic carbocycles. The Labute approximate surface area is 93.3 Å². The zero-order chi connectivity index (χ0) is 11.9. The van der Waals surface area contributed by atoms with Gasteiger partial charge >= 0.3 is 0 Å². The second-order valence-corrected chi connectivity index (χ2v) is 3.96. The van der Waals surface area contributed by atoms with Gasteiger partial charge in [0.15, 0.2) is 5.78 Å². The van der Waals surface area contributed by atoms with E-state index in [1.807, 2.05) is 19.9 Å². The van der Waals surface area contributed by atoms with Crippen LogP contribution in [0.3, 0.4) is 0 Å². The topological polar surface area (TPSA) is 73.3 Å². The van der Waals surface area contributed by atoms with Gasteiger partial charge in [0.1, 0.15) is 17.7 Å². The fraction of sp³-hybridized carbons (Fsp3) is 0.364. The van der Waals surface area contributed by atoms with Gasteiger partial charge in [-0.1, -0.05) is 0 Å². The van der Waals surface area contributed by atoms with Crippen molar-refractivity contribution in [1.29, 1.82) is 0 Å². The lowest BCUT2D eigenvalue weighted by molar-refractivity contribution is 0.0963. The third kappa shape index (κ3) is 1.59. The van der Waals surface area contributed by atoms with E-state index < -0.39 is 6.04 Å². The molecule has 1 unspecified atom stereocenters. The van der Waals surface area contributed by atoms with Crippen LogP contribution in [0.25, 0.3) is 5.65 Å². The van der Waals surface area contributed by atoms with Gasteiger partial charge < -0.3 is 5.73 Å². The summed E-state index contributed by atoms with van der Waals surface area (Å²) in [7, 11) is 0. The molecule has 0 spiro atoms. The van der Waals surface area contributed by atoms with Crippen LogP contribution in [0.15, 0.2) is 12.4 Å². The highest BCUT2D eigenvalue weighted by Crippen LogP contribution is 2.13. The van der Waals surface area contributed by atoms with E-state index >= 15 is 0 Å². The van der Waals surface area contributed by atoms with E-state index in [0.29, 0.717) is 5.69 Å². The van der Waals surface area contributed by atoms with Crippen molar-refractivity contribution in [2.45, 2.75) is 26.8 Å². The van der Waals surface area contributed by atoms with Crippen LogP contribution in [-0.4, -0.2) is 26.2 Å². The molecule has 0 amide bonds. The van der Waals surface area contributed by atoms with Crippen LogP contribution in [0.2, 0.25) is 0 Å². The Bertz CT molecular complexity index is 556. The van der Waals surface area contributed by atoms with E-state index in [1.165, 1.54) is 0 Å². The number of Topliss-reactive ketones (excluding diaryl/α,β-unsaturated/α-hetero) is 1. The van der Waals surface area contributed by atoms with E-state index in [4.69, 9.17) is 5.73 Å². The standard InChI is InChI=1S/C11H14N4O/c1-6-4-9-14-10(11(16)7(2)12)8(3)15(9)5-13-6/h4-5,7H,12H2,1-3H3. The first-order chi connectivity index (χ1) is 7.50. The Kier molecular flexibility index (Phi) is 2.47. The zero-order valence-electron chi connectivity index (χ0n) is 9.56. The molecule has 0 aliphatic carbocycles. The number of nitrogens with two attached hydrogens (primary N) is 1. The predicted molar refractivity (Wildman–Crippen MR) is 60.4 cm³/mol. The van der Waals surface area contributed by atoms with Gasteiger partial charge in [-0.2, -0.15) is 0 Å². The van der Waals surface area contributed by atoms with Crippen LogP contribution in [0.1, 0.15) is 28.8 Å². The third-order valence-electron chi connectivity index (χ3n) is 2.54. The summed E-state index contributed by atoms with van der Waals surface area (Å²) in [6.07, 6.45) is 1.67. The van der Waals surface area contributed by atoms with Gasteiger partial charge in [-0.25, -0.2) is 9.97 Å². The molecule has 84 valence electrons. The summed E-state index contributed by atoms with van der Waals surface area (Å²) in [4.78, 5) is 20.3. The molecule has 0 saturated carbocycles. The zero-order valence-corrected chi connectivity index (χ0v) is 9.56. The molecular weight excluding hydrogens is 204 g/mol. The molecule has 0 aliphatic heterocycles. The highest BCUT2D eigenvalue weighted by atomic mass is 16.1. The van der Waals surface area contributed by atoms with Gasteiger partial charge in [-0.15, -0.1) is 0 Å². The van der Waals surface area contributed by atoms with Crippen LogP contribution < -0.4 is 5.73 Å². The largest absolute Gasteiger partial charge is 0.321 e. The van der Waals surface area contributed by atoms with Crippen molar-refractivity contribution in [2.24, 2.45) is 5.73 Å². The molecule has 0 aliphatic rings.